The van der Waals surface area contributed by atoms with E-state index in [4.69, 9.17) is 4.98 Å². The Hall–Kier alpha value is -2.47. The molecule has 1 amide bonds. The maximum atomic E-state index is 13.1. The summed E-state index contributed by atoms with van der Waals surface area (Å²) in [6.07, 6.45) is 3.54. The standard InChI is InChI=1S/C21H23N3O2S/c1-3-23-18-8-5-4-7-17(18)22-20(23)19-9-6-14-24(19)21(25)15-10-12-16(13-11-15)27(2)26/h4-5,7-8,10-13,19H,3,6,9,14H2,1-2H3/t19-,27+/m0/s1. The first kappa shape index (κ1) is 17.9. The first-order valence-corrected chi connectivity index (χ1v) is 10.9. The molecule has 3 aromatic rings. The molecular formula is C21H23N3O2S. The van der Waals surface area contributed by atoms with Crippen LogP contribution in [0.3, 0.4) is 0 Å². The van der Waals surface area contributed by atoms with Crippen LogP contribution in [0.4, 0.5) is 0 Å². The third kappa shape index (κ3) is 3.18. The number of fused-ring (bicyclic) bond motifs is 1. The van der Waals surface area contributed by atoms with E-state index in [1.165, 1.54) is 0 Å². The number of carbonyl (C=O) groups is 1. The minimum atomic E-state index is -1.04. The summed E-state index contributed by atoms with van der Waals surface area (Å²) in [6, 6.07) is 15.2. The molecule has 0 aliphatic carbocycles. The van der Waals surface area contributed by atoms with E-state index in [9.17, 15) is 9.00 Å². The van der Waals surface area contributed by atoms with Crippen molar-refractivity contribution >= 4 is 27.7 Å². The van der Waals surface area contributed by atoms with Gasteiger partial charge in [-0.2, -0.15) is 0 Å². The number of aryl methyl sites for hydroxylation is 1. The molecule has 0 saturated carbocycles. The predicted octanol–water partition coefficient (Wildman–Crippen LogP) is 3.77. The van der Waals surface area contributed by atoms with E-state index in [-0.39, 0.29) is 11.9 Å². The molecule has 27 heavy (non-hydrogen) atoms. The van der Waals surface area contributed by atoms with Crippen LogP contribution >= 0.6 is 0 Å². The maximum Gasteiger partial charge on any atom is 0.254 e. The summed E-state index contributed by atoms with van der Waals surface area (Å²) >= 11 is 0. The lowest BCUT2D eigenvalue weighted by Gasteiger charge is -2.25. The van der Waals surface area contributed by atoms with Crippen LogP contribution in [0.15, 0.2) is 53.4 Å². The molecule has 0 spiro atoms. The number of hydrogen-bond donors (Lipinski definition) is 0. The highest BCUT2D eigenvalue weighted by Crippen LogP contribution is 2.34. The second-order valence-corrected chi connectivity index (χ2v) is 8.22. The normalized spacial score (nSPS) is 18.1. The Labute approximate surface area is 161 Å². The molecule has 1 aliphatic rings. The third-order valence-electron chi connectivity index (χ3n) is 5.25. The van der Waals surface area contributed by atoms with Gasteiger partial charge in [-0.15, -0.1) is 0 Å². The van der Waals surface area contributed by atoms with Gasteiger partial charge in [0.25, 0.3) is 5.91 Å². The van der Waals surface area contributed by atoms with Gasteiger partial charge in [0.15, 0.2) is 0 Å². The molecule has 4 rings (SSSR count). The number of nitrogens with zero attached hydrogens (tertiary/aromatic N) is 3. The van der Waals surface area contributed by atoms with Crippen molar-refractivity contribution in [1.29, 1.82) is 0 Å². The molecule has 140 valence electrons. The zero-order valence-electron chi connectivity index (χ0n) is 15.6. The molecule has 0 radical (unpaired) electrons. The summed E-state index contributed by atoms with van der Waals surface area (Å²) in [7, 11) is -1.04. The molecule has 6 heteroatoms. The number of imidazole rings is 1. The maximum absolute atomic E-state index is 13.1. The first-order chi connectivity index (χ1) is 13.1. The number of carbonyl (C=O) groups excluding carboxylic acids is 1. The number of likely N-dealkylation sites (tertiary alicyclic amines) is 1. The van der Waals surface area contributed by atoms with Crippen molar-refractivity contribution in [2.75, 3.05) is 12.8 Å². The van der Waals surface area contributed by atoms with Gasteiger partial charge in [0.2, 0.25) is 0 Å². The lowest BCUT2D eigenvalue weighted by atomic mass is 10.1. The molecule has 2 aromatic carbocycles. The monoisotopic (exact) mass is 381 g/mol. The van der Waals surface area contributed by atoms with Gasteiger partial charge < -0.3 is 9.47 Å². The third-order valence-corrected chi connectivity index (χ3v) is 6.18. The van der Waals surface area contributed by atoms with Gasteiger partial charge in [0, 0.05) is 40.6 Å². The van der Waals surface area contributed by atoms with Gasteiger partial charge in [0.1, 0.15) is 5.82 Å². The molecule has 1 fully saturated rings. The summed E-state index contributed by atoms with van der Waals surface area (Å²) < 4.78 is 13.8. The van der Waals surface area contributed by atoms with Crippen LogP contribution in [0.2, 0.25) is 0 Å². The number of hydrogen-bond acceptors (Lipinski definition) is 3. The largest absolute Gasteiger partial charge is 0.328 e. The van der Waals surface area contributed by atoms with Gasteiger partial charge >= 0.3 is 0 Å². The van der Waals surface area contributed by atoms with E-state index < -0.39 is 10.8 Å². The predicted molar refractivity (Wildman–Crippen MR) is 107 cm³/mol. The lowest BCUT2D eigenvalue weighted by Crippen LogP contribution is -2.32. The molecule has 0 unspecified atom stereocenters. The minimum absolute atomic E-state index is 0.00941. The van der Waals surface area contributed by atoms with Crippen molar-refractivity contribution in [3.8, 4) is 0 Å². The topological polar surface area (TPSA) is 55.2 Å². The van der Waals surface area contributed by atoms with Gasteiger partial charge in [-0.1, -0.05) is 12.1 Å². The highest BCUT2D eigenvalue weighted by molar-refractivity contribution is 7.84. The number of rotatable bonds is 4. The molecule has 2 heterocycles. The average Bonchev–Trinajstić information content (AvgIpc) is 3.31. The Morgan fingerprint density at radius 2 is 1.93 bits per heavy atom. The molecular weight excluding hydrogens is 358 g/mol. The van der Waals surface area contributed by atoms with Crippen LogP contribution in [0.25, 0.3) is 11.0 Å². The summed E-state index contributed by atoms with van der Waals surface area (Å²) in [5, 5.41) is 0. The molecule has 1 saturated heterocycles. The molecule has 0 bridgehead atoms. The van der Waals surface area contributed by atoms with Crippen molar-refractivity contribution in [2.45, 2.75) is 37.2 Å². The molecule has 0 N–H and O–H groups in total. The zero-order chi connectivity index (χ0) is 19.0. The Morgan fingerprint density at radius 1 is 1.19 bits per heavy atom. The fourth-order valence-electron chi connectivity index (χ4n) is 3.91. The lowest BCUT2D eigenvalue weighted by molar-refractivity contribution is 0.0727. The van der Waals surface area contributed by atoms with E-state index >= 15 is 0 Å². The number of benzene rings is 2. The molecule has 1 aliphatic heterocycles. The SMILES string of the molecule is CCn1c([C@@H]2CCCN2C(=O)c2ccc([S@@](C)=O)cc2)nc2ccccc21. The second kappa shape index (κ2) is 7.27. The highest BCUT2D eigenvalue weighted by atomic mass is 32.2. The minimum Gasteiger partial charge on any atom is -0.328 e. The quantitative estimate of drug-likeness (QED) is 0.691. The number of para-hydroxylation sites is 2. The zero-order valence-corrected chi connectivity index (χ0v) is 16.4. The summed E-state index contributed by atoms with van der Waals surface area (Å²) in [4.78, 5) is 20.7. The van der Waals surface area contributed by atoms with Crippen LogP contribution in [0, 0.1) is 0 Å². The van der Waals surface area contributed by atoms with Crippen LogP contribution in [-0.2, 0) is 17.3 Å². The number of aromatic nitrogens is 2. The fraction of sp³-hybridized carbons (Fsp3) is 0.333. The number of amides is 1. The second-order valence-electron chi connectivity index (χ2n) is 6.84. The Kier molecular flexibility index (Phi) is 4.83. The van der Waals surface area contributed by atoms with Gasteiger partial charge in [-0.25, -0.2) is 4.98 Å². The summed E-state index contributed by atoms with van der Waals surface area (Å²) in [5.74, 6) is 0.983. The van der Waals surface area contributed by atoms with Gasteiger partial charge in [-0.3, -0.25) is 9.00 Å². The van der Waals surface area contributed by atoms with E-state index in [0.29, 0.717) is 5.56 Å². The van der Waals surface area contributed by atoms with Crippen molar-refractivity contribution in [1.82, 2.24) is 14.5 Å². The van der Waals surface area contributed by atoms with Crippen molar-refractivity contribution in [3.63, 3.8) is 0 Å². The smallest absolute Gasteiger partial charge is 0.254 e. The van der Waals surface area contributed by atoms with E-state index in [2.05, 4.69) is 17.6 Å². The van der Waals surface area contributed by atoms with Crippen molar-refractivity contribution in [2.24, 2.45) is 0 Å². The average molecular weight is 382 g/mol. The van der Waals surface area contributed by atoms with Crippen LogP contribution in [0.1, 0.15) is 42.0 Å². The molecule has 2 atom stereocenters. The van der Waals surface area contributed by atoms with Gasteiger partial charge in [0.05, 0.1) is 17.1 Å². The van der Waals surface area contributed by atoms with Crippen LogP contribution < -0.4 is 0 Å². The van der Waals surface area contributed by atoms with Crippen LogP contribution in [0.5, 0.6) is 0 Å². The molecule has 1 aromatic heterocycles. The van der Waals surface area contributed by atoms with E-state index in [1.54, 1.807) is 30.5 Å². The summed E-state index contributed by atoms with van der Waals surface area (Å²) in [5.41, 5.74) is 2.72. The van der Waals surface area contributed by atoms with Crippen LogP contribution in [-0.4, -0.2) is 37.4 Å². The van der Waals surface area contributed by atoms with E-state index in [0.717, 1.165) is 47.7 Å². The Balaban J connectivity index is 1.68. The van der Waals surface area contributed by atoms with Crippen molar-refractivity contribution < 1.29 is 9.00 Å². The van der Waals surface area contributed by atoms with Crippen molar-refractivity contribution in [3.05, 3.63) is 59.9 Å². The van der Waals surface area contributed by atoms with Gasteiger partial charge in [-0.05, 0) is 56.2 Å². The first-order valence-electron chi connectivity index (χ1n) is 9.29. The highest BCUT2D eigenvalue weighted by Gasteiger charge is 2.34. The Morgan fingerprint density at radius 3 is 2.63 bits per heavy atom. The Bertz CT molecular complexity index is 1010. The summed E-state index contributed by atoms with van der Waals surface area (Å²) in [6.45, 7) is 3.67. The van der Waals surface area contributed by atoms with E-state index in [1.807, 2.05) is 23.1 Å². The molecule has 5 nitrogen and oxygen atoms in total. The fourth-order valence-corrected chi connectivity index (χ4v) is 4.43.